The van der Waals surface area contributed by atoms with Crippen LogP contribution in [-0.4, -0.2) is 7.11 Å². The second-order valence-electron chi connectivity index (χ2n) is 2.23. The summed E-state index contributed by atoms with van der Waals surface area (Å²) >= 11 is 7.17. The highest BCUT2D eigenvalue weighted by Gasteiger charge is 2.14. The van der Waals surface area contributed by atoms with Crippen LogP contribution in [0.3, 0.4) is 0 Å². The van der Waals surface area contributed by atoms with Crippen molar-refractivity contribution in [2.75, 3.05) is 7.11 Å². The maximum absolute atomic E-state index is 8.67. The standard InChI is InChI=1S/C9H5ClN2OS/c1-13-8(6(4-11)5-12)9-7(10)2-3-14-9/h2-3H,1H3. The Hall–Kier alpha value is -1.49. The predicted molar refractivity (Wildman–Crippen MR) is 54.5 cm³/mol. The molecule has 0 amide bonds. The van der Waals surface area contributed by atoms with E-state index in [9.17, 15) is 0 Å². The van der Waals surface area contributed by atoms with Gasteiger partial charge in [0.1, 0.15) is 12.1 Å². The lowest BCUT2D eigenvalue weighted by atomic mass is 10.2. The van der Waals surface area contributed by atoms with Crippen LogP contribution < -0.4 is 0 Å². The maximum atomic E-state index is 8.67. The molecule has 0 fully saturated rings. The Morgan fingerprint density at radius 2 is 2.14 bits per heavy atom. The van der Waals surface area contributed by atoms with E-state index in [2.05, 4.69) is 0 Å². The van der Waals surface area contributed by atoms with Crippen LogP contribution in [0.5, 0.6) is 0 Å². The van der Waals surface area contributed by atoms with E-state index >= 15 is 0 Å². The zero-order valence-electron chi connectivity index (χ0n) is 7.24. The van der Waals surface area contributed by atoms with E-state index in [1.807, 2.05) is 0 Å². The van der Waals surface area contributed by atoms with Crippen molar-refractivity contribution < 1.29 is 4.74 Å². The summed E-state index contributed by atoms with van der Waals surface area (Å²) in [5, 5.41) is 19.6. The van der Waals surface area contributed by atoms with Crippen LogP contribution in [0.2, 0.25) is 5.02 Å². The molecule has 70 valence electrons. The number of hydrogen-bond donors (Lipinski definition) is 0. The Balaban J connectivity index is 3.33. The summed E-state index contributed by atoms with van der Waals surface area (Å²) in [6.07, 6.45) is 0. The first-order valence-electron chi connectivity index (χ1n) is 3.56. The lowest BCUT2D eigenvalue weighted by molar-refractivity contribution is 0.370. The summed E-state index contributed by atoms with van der Waals surface area (Å²) in [5.41, 5.74) is -0.0724. The number of hydrogen-bond acceptors (Lipinski definition) is 4. The van der Waals surface area contributed by atoms with E-state index in [1.165, 1.54) is 18.4 Å². The molecule has 1 aromatic heterocycles. The van der Waals surface area contributed by atoms with E-state index in [4.69, 9.17) is 26.9 Å². The van der Waals surface area contributed by atoms with Crippen LogP contribution in [0.4, 0.5) is 0 Å². The van der Waals surface area contributed by atoms with Gasteiger partial charge in [-0.25, -0.2) is 0 Å². The Morgan fingerprint density at radius 1 is 1.50 bits per heavy atom. The monoisotopic (exact) mass is 224 g/mol. The third kappa shape index (κ3) is 1.88. The fraction of sp³-hybridized carbons (Fsp3) is 0.111. The molecular weight excluding hydrogens is 220 g/mol. The first-order chi connectivity index (χ1) is 6.74. The summed E-state index contributed by atoms with van der Waals surface area (Å²) in [7, 11) is 1.40. The molecule has 1 rings (SSSR count). The molecule has 14 heavy (non-hydrogen) atoms. The molecule has 0 aliphatic heterocycles. The van der Waals surface area contributed by atoms with Gasteiger partial charge in [-0.05, 0) is 11.4 Å². The van der Waals surface area contributed by atoms with E-state index in [-0.39, 0.29) is 11.3 Å². The molecule has 0 saturated carbocycles. The van der Waals surface area contributed by atoms with Crippen molar-refractivity contribution in [1.29, 1.82) is 10.5 Å². The van der Waals surface area contributed by atoms with Gasteiger partial charge >= 0.3 is 0 Å². The summed E-state index contributed by atoms with van der Waals surface area (Å²) < 4.78 is 4.98. The van der Waals surface area contributed by atoms with Crippen molar-refractivity contribution in [3.63, 3.8) is 0 Å². The second kappa shape index (κ2) is 4.66. The number of halogens is 1. The topological polar surface area (TPSA) is 56.8 Å². The predicted octanol–water partition coefficient (Wildman–Crippen LogP) is 2.81. The molecule has 0 aliphatic rings. The Labute approximate surface area is 90.4 Å². The molecule has 0 aliphatic carbocycles. The lowest BCUT2D eigenvalue weighted by Crippen LogP contribution is -1.89. The van der Waals surface area contributed by atoms with Gasteiger partial charge in [-0.1, -0.05) is 11.6 Å². The van der Waals surface area contributed by atoms with Gasteiger partial charge in [0.2, 0.25) is 0 Å². The summed E-state index contributed by atoms with van der Waals surface area (Å²) in [6.45, 7) is 0. The Morgan fingerprint density at radius 3 is 2.50 bits per heavy atom. The molecule has 0 radical (unpaired) electrons. The Bertz CT molecular complexity index is 434. The highest BCUT2D eigenvalue weighted by molar-refractivity contribution is 7.11. The highest BCUT2D eigenvalue weighted by Crippen LogP contribution is 2.31. The maximum Gasteiger partial charge on any atom is 0.172 e. The lowest BCUT2D eigenvalue weighted by Gasteiger charge is -2.03. The van der Waals surface area contributed by atoms with Crippen molar-refractivity contribution in [1.82, 2.24) is 0 Å². The van der Waals surface area contributed by atoms with Gasteiger partial charge in [0.25, 0.3) is 0 Å². The molecule has 1 heterocycles. The number of nitriles is 2. The van der Waals surface area contributed by atoms with Gasteiger partial charge in [0.05, 0.1) is 17.0 Å². The van der Waals surface area contributed by atoms with Crippen molar-refractivity contribution in [2.24, 2.45) is 0 Å². The smallest absolute Gasteiger partial charge is 0.172 e. The fourth-order valence-corrected chi connectivity index (χ4v) is 2.06. The number of ether oxygens (including phenoxy) is 1. The van der Waals surface area contributed by atoms with Gasteiger partial charge in [-0.3, -0.25) is 0 Å². The number of rotatable bonds is 2. The summed E-state index contributed by atoms with van der Waals surface area (Å²) in [6, 6.07) is 5.21. The largest absolute Gasteiger partial charge is 0.493 e. The van der Waals surface area contributed by atoms with E-state index in [0.29, 0.717) is 9.90 Å². The quantitative estimate of drug-likeness (QED) is 0.573. The third-order valence-electron chi connectivity index (χ3n) is 1.48. The average molecular weight is 225 g/mol. The van der Waals surface area contributed by atoms with Gasteiger partial charge in [-0.15, -0.1) is 11.3 Å². The molecule has 0 saturated heterocycles. The number of thiophene rings is 1. The SMILES string of the molecule is COC(=C(C#N)C#N)c1sccc1Cl. The Kier molecular flexibility index (Phi) is 3.53. The average Bonchev–Trinajstić information content (AvgIpc) is 2.61. The van der Waals surface area contributed by atoms with Crippen LogP contribution in [0, 0.1) is 22.7 Å². The number of nitrogens with zero attached hydrogens (tertiary/aromatic N) is 2. The van der Waals surface area contributed by atoms with Gasteiger partial charge in [0.15, 0.2) is 11.3 Å². The van der Waals surface area contributed by atoms with Crippen molar-refractivity contribution in [3.8, 4) is 12.1 Å². The number of allylic oxidation sites excluding steroid dienone is 1. The zero-order chi connectivity index (χ0) is 10.6. The molecule has 3 nitrogen and oxygen atoms in total. The summed E-state index contributed by atoms with van der Waals surface area (Å²) in [4.78, 5) is 0.604. The highest BCUT2D eigenvalue weighted by atomic mass is 35.5. The van der Waals surface area contributed by atoms with E-state index in [1.54, 1.807) is 23.6 Å². The van der Waals surface area contributed by atoms with Crippen LogP contribution in [-0.2, 0) is 4.74 Å². The first kappa shape index (κ1) is 10.6. The summed E-state index contributed by atoms with van der Waals surface area (Å²) in [5.74, 6) is 0.231. The van der Waals surface area contributed by atoms with Gasteiger partial charge in [-0.2, -0.15) is 10.5 Å². The van der Waals surface area contributed by atoms with Crippen LogP contribution in [0.25, 0.3) is 5.76 Å². The molecule has 5 heteroatoms. The molecule has 0 N–H and O–H groups in total. The van der Waals surface area contributed by atoms with Crippen molar-refractivity contribution in [2.45, 2.75) is 0 Å². The molecule has 0 aromatic carbocycles. The van der Waals surface area contributed by atoms with Gasteiger partial charge < -0.3 is 4.74 Å². The molecule has 0 bridgehead atoms. The normalized spacial score (nSPS) is 8.57. The molecule has 0 spiro atoms. The fourth-order valence-electron chi connectivity index (χ4n) is 0.891. The minimum atomic E-state index is -0.0724. The van der Waals surface area contributed by atoms with Crippen molar-refractivity contribution in [3.05, 3.63) is 26.9 Å². The third-order valence-corrected chi connectivity index (χ3v) is 2.82. The molecule has 0 unspecified atom stereocenters. The van der Waals surface area contributed by atoms with E-state index in [0.717, 1.165) is 0 Å². The first-order valence-corrected chi connectivity index (χ1v) is 4.82. The van der Waals surface area contributed by atoms with Crippen molar-refractivity contribution >= 4 is 28.7 Å². The molecule has 1 aromatic rings. The van der Waals surface area contributed by atoms with E-state index < -0.39 is 0 Å². The minimum Gasteiger partial charge on any atom is -0.493 e. The van der Waals surface area contributed by atoms with Crippen LogP contribution >= 0.6 is 22.9 Å². The zero-order valence-corrected chi connectivity index (χ0v) is 8.82. The minimum absolute atomic E-state index is 0.0724. The van der Waals surface area contributed by atoms with Crippen LogP contribution in [0.1, 0.15) is 4.88 Å². The van der Waals surface area contributed by atoms with Gasteiger partial charge in [0, 0.05) is 0 Å². The van der Waals surface area contributed by atoms with Crippen LogP contribution in [0.15, 0.2) is 17.0 Å². The number of methoxy groups -OCH3 is 1. The molecular formula is C9H5ClN2OS. The second-order valence-corrected chi connectivity index (χ2v) is 3.55. The molecule has 0 atom stereocenters.